The molecule has 0 radical (unpaired) electrons. The molecule has 1 amide bonds. The fourth-order valence-electron chi connectivity index (χ4n) is 1.86. The molecular weight excluding hydrogens is 281 g/mol. The van der Waals surface area contributed by atoms with Crippen LogP contribution in [0, 0.1) is 0 Å². The first kappa shape index (κ1) is 16.7. The number of hydrogen-bond donors (Lipinski definition) is 0. The lowest BCUT2D eigenvalue weighted by atomic mass is 9.97. The molecule has 0 aliphatic rings. The van der Waals surface area contributed by atoms with Gasteiger partial charge in [-0.1, -0.05) is 32.2 Å². The molecule has 112 valence electrons. The highest BCUT2D eigenvalue weighted by Crippen LogP contribution is 2.34. The number of nitrogens with zero attached hydrogens (tertiary/aromatic N) is 2. The first-order valence-corrected chi connectivity index (χ1v) is 6.09. The van der Waals surface area contributed by atoms with Crippen LogP contribution in [-0.4, -0.2) is 17.6 Å². The Morgan fingerprint density at radius 2 is 2.05 bits per heavy atom. The van der Waals surface area contributed by atoms with Crippen molar-refractivity contribution in [1.29, 1.82) is 0 Å². The average molecular weight is 296 g/mol. The molecule has 21 heavy (non-hydrogen) atoms. The highest BCUT2D eigenvalue weighted by molar-refractivity contribution is 5.98. The van der Waals surface area contributed by atoms with Crippen LogP contribution in [0.5, 0.6) is 0 Å². The monoisotopic (exact) mass is 296 g/mol. The van der Waals surface area contributed by atoms with Gasteiger partial charge in [-0.25, -0.2) is 0 Å². The number of rotatable bonds is 5. The van der Waals surface area contributed by atoms with Crippen LogP contribution in [0.15, 0.2) is 48.2 Å². The van der Waals surface area contributed by atoms with E-state index in [4.69, 9.17) is 0 Å². The third kappa shape index (κ3) is 3.39. The van der Waals surface area contributed by atoms with Crippen LogP contribution in [0.25, 0.3) is 0 Å². The van der Waals surface area contributed by atoms with Crippen LogP contribution in [0.2, 0.25) is 0 Å². The number of benzene rings is 1. The smallest absolute Gasteiger partial charge is 0.267 e. The van der Waals surface area contributed by atoms with Crippen molar-refractivity contribution >= 4 is 12.6 Å². The summed E-state index contributed by atoms with van der Waals surface area (Å²) in [6.07, 6.45) is -3.15. The molecular formula is C15H15F3N2O. The van der Waals surface area contributed by atoms with Gasteiger partial charge >= 0.3 is 6.18 Å². The van der Waals surface area contributed by atoms with Crippen molar-refractivity contribution in [2.75, 3.05) is 0 Å². The number of allylic oxidation sites excluding steroid dienone is 1. The van der Waals surface area contributed by atoms with Crippen molar-refractivity contribution in [1.82, 2.24) is 5.01 Å². The molecule has 6 heteroatoms. The molecule has 1 rings (SSSR count). The molecule has 0 unspecified atom stereocenters. The Balaban J connectivity index is 3.53. The van der Waals surface area contributed by atoms with Gasteiger partial charge in [-0.15, -0.1) is 0 Å². The maximum Gasteiger partial charge on any atom is 0.417 e. The van der Waals surface area contributed by atoms with Crippen LogP contribution in [0.3, 0.4) is 0 Å². The van der Waals surface area contributed by atoms with Gasteiger partial charge in [0.2, 0.25) is 0 Å². The predicted octanol–water partition coefficient (Wildman–Crippen LogP) is 4.03. The van der Waals surface area contributed by atoms with Crippen LogP contribution in [-0.2, 0) is 12.6 Å². The second-order valence-corrected chi connectivity index (χ2v) is 4.14. The van der Waals surface area contributed by atoms with E-state index in [1.807, 2.05) is 0 Å². The fraction of sp³-hybridized carbons (Fsp3) is 0.200. The summed E-state index contributed by atoms with van der Waals surface area (Å²) < 4.78 is 39.3. The quantitative estimate of drug-likeness (QED) is 0.459. The summed E-state index contributed by atoms with van der Waals surface area (Å²) in [7, 11) is 0. The minimum absolute atomic E-state index is 0.0500. The lowest BCUT2D eigenvalue weighted by Gasteiger charge is -2.21. The first-order valence-electron chi connectivity index (χ1n) is 6.09. The molecule has 3 nitrogen and oxygen atoms in total. The van der Waals surface area contributed by atoms with E-state index >= 15 is 0 Å². The van der Waals surface area contributed by atoms with Gasteiger partial charge in [0.05, 0.1) is 16.8 Å². The highest BCUT2D eigenvalue weighted by Gasteiger charge is 2.37. The topological polar surface area (TPSA) is 32.7 Å². The van der Waals surface area contributed by atoms with Crippen molar-refractivity contribution in [3.63, 3.8) is 0 Å². The molecule has 0 fully saturated rings. The van der Waals surface area contributed by atoms with E-state index < -0.39 is 23.2 Å². The van der Waals surface area contributed by atoms with Crippen LogP contribution in [0.1, 0.15) is 28.4 Å². The van der Waals surface area contributed by atoms with Crippen molar-refractivity contribution in [2.24, 2.45) is 5.10 Å². The van der Waals surface area contributed by atoms with Gasteiger partial charge in [0, 0.05) is 6.72 Å². The van der Waals surface area contributed by atoms with E-state index in [2.05, 4.69) is 25.0 Å². The summed E-state index contributed by atoms with van der Waals surface area (Å²) in [5, 5.41) is 4.13. The van der Waals surface area contributed by atoms with E-state index in [1.165, 1.54) is 18.2 Å². The van der Waals surface area contributed by atoms with E-state index in [-0.39, 0.29) is 17.7 Å². The zero-order chi connectivity index (χ0) is 16.2. The lowest BCUT2D eigenvalue weighted by Crippen LogP contribution is -2.27. The maximum atomic E-state index is 13.1. The number of hydrazone groups is 1. The molecule has 0 N–H and O–H groups in total. The number of alkyl halides is 3. The molecule has 0 heterocycles. The van der Waals surface area contributed by atoms with Gasteiger partial charge in [-0.3, -0.25) is 4.79 Å². The first-order chi connectivity index (χ1) is 9.77. The Morgan fingerprint density at radius 1 is 1.43 bits per heavy atom. The summed E-state index contributed by atoms with van der Waals surface area (Å²) in [5.41, 5.74) is -1.12. The van der Waals surface area contributed by atoms with Gasteiger partial charge in [-0.2, -0.15) is 23.3 Å². The molecule has 0 atom stereocenters. The molecule has 0 aliphatic carbocycles. The van der Waals surface area contributed by atoms with Gasteiger partial charge in [0.25, 0.3) is 5.91 Å². The summed E-state index contributed by atoms with van der Waals surface area (Å²) >= 11 is 0. The van der Waals surface area contributed by atoms with Crippen LogP contribution >= 0.6 is 0 Å². The molecule has 0 saturated carbocycles. The van der Waals surface area contributed by atoms with Crippen molar-refractivity contribution in [3.05, 3.63) is 59.8 Å². The Labute approximate surface area is 121 Å². The Bertz CT molecular complexity index is 591. The van der Waals surface area contributed by atoms with Crippen molar-refractivity contribution in [2.45, 2.75) is 19.5 Å². The second-order valence-electron chi connectivity index (χ2n) is 4.14. The minimum Gasteiger partial charge on any atom is -0.267 e. The number of carbonyl (C=O) groups is 1. The SMILES string of the molecule is C=CC(=C)N(N=C)C(=O)c1c(CC)cccc1C(F)(F)F. The zero-order valence-electron chi connectivity index (χ0n) is 11.6. The van der Waals surface area contributed by atoms with Crippen molar-refractivity contribution < 1.29 is 18.0 Å². The fourth-order valence-corrected chi connectivity index (χ4v) is 1.86. The van der Waals surface area contributed by atoms with Gasteiger partial charge in [-0.05, 0) is 24.1 Å². The molecule has 0 bridgehead atoms. The number of halogens is 3. The number of aryl methyl sites for hydroxylation is 1. The molecule has 1 aromatic rings. The standard InChI is InChI=1S/C15H15F3N2O/c1-5-10(3)20(19-4)14(21)13-11(6-2)8-7-9-12(13)15(16,17)18/h5,7-9H,1,3-4,6H2,2H3. The lowest BCUT2D eigenvalue weighted by molar-refractivity contribution is -0.138. The predicted molar refractivity (Wildman–Crippen MR) is 75.9 cm³/mol. The van der Waals surface area contributed by atoms with Gasteiger partial charge < -0.3 is 0 Å². The zero-order valence-corrected chi connectivity index (χ0v) is 11.6. The minimum atomic E-state index is -4.64. The average Bonchev–Trinajstić information content (AvgIpc) is 2.45. The third-order valence-electron chi connectivity index (χ3n) is 2.89. The third-order valence-corrected chi connectivity index (χ3v) is 2.89. The second kappa shape index (κ2) is 6.39. The summed E-state index contributed by atoms with van der Waals surface area (Å²) in [5.74, 6) is -0.931. The normalized spacial score (nSPS) is 10.9. The van der Waals surface area contributed by atoms with E-state index in [0.717, 1.165) is 6.07 Å². The van der Waals surface area contributed by atoms with E-state index in [9.17, 15) is 18.0 Å². The summed E-state index contributed by atoms with van der Waals surface area (Å²) in [6, 6.07) is 3.61. The van der Waals surface area contributed by atoms with E-state index in [0.29, 0.717) is 5.01 Å². The Kier molecular flexibility index (Phi) is 5.07. The van der Waals surface area contributed by atoms with Crippen molar-refractivity contribution in [3.8, 4) is 0 Å². The Hall–Kier alpha value is -2.37. The summed E-state index contributed by atoms with van der Waals surface area (Å²) in [6.45, 7) is 11.8. The molecule has 1 aromatic carbocycles. The maximum absolute atomic E-state index is 13.1. The van der Waals surface area contributed by atoms with Gasteiger partial charge in [0.15, 0.2) is 0 Å². The highest BCUT2D eigenvalue weighted by atomic mass is 19.4. The molecule has 0 spiro atoms. The largest absolute Gasteiger partial charge is 0.417 e. The van der Waals surface area contributed by atoms with Crippen LogP contribution < -0.4 is 0 Å². The van der Waals surface area contributed by atoms with E-state index in [1.54, 1.807) is 6.92 Å². The number of hydrogen-bond acceptors (Lipinski definition) is 2. The number of carbonyl (C=O) groups excluding carboxylic acids is 1. The van der Waals surface area contributed by atoms with Gasteiger partial charge in [0.1, 0.15) is 0 Å². The molecule has 0 aromatic heterocycles. The Morgan fingerprint density at radius 3 is 2.48 bits per heavy atom. The van der Waals surface area contributed by atoms with Crippen LogP contribution in [0.4, 0.5) is 13.2 Å². The summed E-state index contributed by atoms with van der Waals surface area (Å²) in [4.78, 5) is 12.4. The molecule has 0 aliphatic heterocycles. The number of amides is 1. The molecule has 0 saturated heterocycles.